The first-order valence-corrected chi connectivity index (χ1v) is 9.11. The number of hydrogen-bond acceptors (Lipinski definition) is 5. The van der Waals surface area contributed by atoms with E-state index in [0.717, 1.165) is 62.4 Å². The number of aromatic nitrogens is 1. The standard InChI is InChI=1S/C16H25N3O2S/c1-12-10-22-15(18-12)19-8-4-13(5-9-19)14(20)17-11-16(21)6-2-3-7-16/h10,13,21H,2-9,11H2,1H3,(H,17,20). The van der Waals surface area contributed by atoms with Crippen molar-refractivity contribution < 1.29 is 9.90 Å². The fourth-order valence-corrected chi connectivity index (χ4v) is 4.28. The van der Waals surface area contributed by atoms with Gasteiger partial charge in [-0.2, -0.15) is 0 Å². The molecule has 0 unspecified atom stereocenters. The second kappa shape index (κ2) is 6.54. The zero-order valence-electron chi connectivity index (χ0n) is 13.2. The topological polar surface area (TPSA) is 65.5 Å². The van der Waals surface area contributed by atoms with Gasteiger partial charge in [-0.3, -0.25) is 4.79 Å². The minimum atomic E-state index is -0.658. The van der Waals surface area contributed by atoms with Crippen LogP contribution in [0.2, 0.25) is 0 Å². The van der Waals surface area contributed by atoms with Crippen LogP contribution in [0.5, 0.6) is 0 Å². The summed E-state index contributed by atoms with van der Waals surface area (Å²) in [5, 5.41) is 16.4. The Bertz CT molecular complexity index is 517. The van der Waals surface area contributed by atoms with E-state index in [0.29, 0.717) is 6.54 Å². The Balaban J connectivity index is 1.45. The summed E-state index contributed by atoms with van der Waals surface area (Å²) < 4.78 is 0. The third-order valence-electron chi connectivity index (χ3n) is 4.87. The molecule has 22 heavy (non-hydrogen) atoms. The van der Waals surface area contributed by atoms with Crippen LogP contribution >= 0.6 is 11.3 Å². The first-order chi connectivity index (χ1) is 10.6. The van der Waals surface area contributed by atoms with E-state index in [1.54, 1.807) is 11.3 Å². The number of aryl methyl sites for hydroxylation is 1. The SMILES string of the molecule is Cc1csc(N2CCC(C(=O)NCC3(O)CCCC3)CC2)n1. The summed E-state index contributed by atoms with van der Waals surface area (Å²) in [6.07, 6.45) is 5.49. The van der Waals surface area contributed by atoms with Gasteiger partial charge in [0, 0.05) is 30.9 Å². The number of aliphatic hydroxyl groups is 1. The van der Waals surface area contributed by atoms with Crippen molar-refractivity contribution in [2.45, 2.75) is 51.0 Å². The number of hydrogen-bond donors (Lipinski definition) is 2. The summed E-state index contributed by atoms with van der Waals surface area (Å²) in [7, 11) is 0. The van der Waals surface area contributed by atoms with Crippen molar-refractivity contribution in [3.05, 3.63) is 11.1 Å². The third-order valence-corrected chi connectivity index (χ3v) is 5.89. The lowest BCUT2D eigenvalue weighted by Crippen LogP contribution is -2.45. The summed E-state index contributed by atoms with van der Waals surface area (Å²) in [5.74, 6) is 0.178. The van der Waals surface area contributed by atoms with E-state index >= 15 is 0 Å². The molecular formula is C16H25N3O2S. The maximum absolute atomic E-state index is 12.3. The highest BCUT2D eigenvalue weighted by Crippen LogP contribution is 2.29. The van der Waals surface area contributed by atoms with Crippen molar-refractivity contribution in [2.75, 3.05) is 24.5 Å². The molecule has 1 amide bonds. The van der Waals surface area contributed by atoms with Crippen molar-refractivity contribution >= 4 is 22.4 Å². The maximum Gasteiger partial charge on any atom is 0.223 e. The summed E-state index contributed by atoms with van der Waals surface area (Å²) >= 11 is 1.67. The van der Waals surface area contributed by atoms with E-state index in [1.807, 2.05) is 6.92 Å². The number of anilines is 1. The lowest BCUT2D eigenvalue weighted by atomic mass is 9.95. The van der Waals surface area contributed by atoms with Crippen LogP contribution in [0.15, 0.2) is 5.38 Å². The van der Waals surface area contributed by atoms with Gasteiger partial charge < -0.3 is 15.3 Å². The number of piperidine rings is 1. The Morgan fingerprint density at radius 2 is 2.14 bits per heavy atom. The Morgan fingerprint density at radius 1 is 1.45 bits per heavy atom. The van der Waals surface area contributed by atoms with Gasteiger partial charge in [0.2, 0.25) is 5.91 Å². The van der Waals surface area contributed by atoms with Gasteiger partial charge in [0.1, 0.15) is 0 Å². The number of nitrogens with zero attached hydrogens (tertiary/aromatic N) is 2. The summed E-state index contributed by atoms with van der Waals surface area (Å²) in [6, 6.07) is 0. The Kier molecular flexibility index (Phi) is 4.68. The van der Waals surface area contributed by atoms with Crippen LogP contribution in [0.3, 0.4) is 0 Å². The molecule has 0 radical (unpaired) electrons. The molecule has 6 heteroatoms. The van der Waals surface area contributed by atoms with Gasteiger partial charge in [0.25, 0.3) is 0 Å². The largest absolute Gasteiger partial charge is 0.388 e. The van der Waals surface area contributed by atoms with Crippen LogP contribution in [-0.2, 0) is 4.79 Å². The Hall–Kier alpha value is -1.14. The highest BCUT2D eigenvalue weighted by Gasteiger charge is 2.33. The zero-order chi connectivity index (χ0) is 15.6. The fraction of sp³-hybridized carbons (Fsp3) is 0.750. The van der Waals surface area contributed by atoms with Gasteiger partial charge in [-0.15, -0.1) is 11.3 Å². The van der Waals surface area contributed by atoms with Gasteiger partial charge >= 0.3 is 0 Å². The second-order valence-electron chi connectivity index (χ2n) is 6.68. The molecule has 1 saturated carbocycles. The van der Waals surface area contributed by atoms with Gasteiger partial charge in [-0.25, -0.2) is 4.98 Å². The van der Waals surface area contributed by atoms with Crippen molar-refractivity contribution in [1.82, 2.24) is 10.3 Å². The third kappa shape index (κ3) is 3.60. The minimum Gasteiger partial charge on any atom is -0.388 e. The first kappa shape index (κ1) is 15.7. The lowest BCUT2D eigenvalue weighted by Gasteiger charge is -2.32. The van der Waals surface area contributed by atoms with E-state index in [9.17, 15) is 9.90 Å². The second-order valence-corrected chi connectivity index (χ2v) is 7.52. The highest BCUT2D eigenvalue weighted by atomic mass is 32.1. The summed E-state index contributed by atoms with van der Waals surface area (Å²) in [4.78, 5) is 19.1. The van der Waals surface area contributed by atoms with Gasteiger partial charge in [0.15, 0.2) is 5.13 Å². The van der Waals surface area contributed by atoms with Gasteiger partial charge in [-0.05, 0) is 32.6 Å². The first-order valence-electron chi connectivity index (χ1n) is 8.23. The highest BCUT2D eigenvalue weighted by molar-refractivity contribution is 7.13. The molecule has 1 saturated heterocycles. The molecule has 1 aromatic heterocycles. The number of rotatable bonds is 4. The normalized spacial score (nSPS) is 22.0. The van der Waals surface area contributed by atoms with Crippen LogP contribution in [0.25, 0.3) is 0 Å². The summed E-state index contributed by atoms with van der Waals surface area (Å²) in [5.41, 5.74) is 0.402. The monoisotopic (exact) mass is 323 g/mol. The predicted molar refractivity (Wildman–Crippen MR) is 88.2 cm³/mol. The molecule has 1 aliphatic carbocycles. The van der Waals surface area contributed by atoms with Crippen molar-refractivity contribution in [1.29, 1.82) is 0 Å². The van der Waals surface area contributed by atoms with E-state index in [-0.39, 0.29) is 11.8 Å². The van der Waals surface area contributed by atoms with Gasteiger partial charge in [-0.1, -0.05) is 12.8 Å². The van der Waals surface area contributed by atoms with Crippen LogP contribution in [0.4, 0.5) is 5.13 Å². The number of carbonyl (C=O) groups excluding carboxylic acids is 1. The van der Waals surface area contributed by atoms with Crippen molar-refractivity contribution in [3.8, 4) is 0 Å². The maximum atomic E-state index is 12.3. The van der Waals surface area contributed by atoms with Crippen molar-refractivity contribution in [2.24, 2.45) is 5.92 Å². The Labute approximate surface area is 135 Å². The van der Waals surface area contributed by atoms with Crippen LogP contribution in [0.1, 0.15) is 44.2 Å². The molecule has 3 rings (SSSR count). The molecule has 5 nitrogen and oxygen atoms in total. The van der Waals surface area contributed by atoms with Crippen LogP contribution in [0, 0.1) is 12.8 Å². The molecular weight excluding hydrogens is 298 g/mol. The molecule has 2 aliphatic rings. The molecule has 1 aliphatic heterocycles. The molecule has 2 N–H and O–H groups in total. The molecule has 0 bridgehead atoms. The van der Waals surface area contributed by atoms with Crippen LogP contribution < -0.4 is 10.2 Å². The van der Waals surface area contributed by atoms with Crippen LogP contribution in [-0.4, -0.2) is 41.2 Å². The fourth-order valence-electron chi connectivity index (χ4n) is 3.43. The number of carbonyl (C=O) groups is 1. The number of amides is 1. The number of thiazole rings is 1. The molecule has 0 spiro atoms. The molecule has 0 aromatic carbocycles. The quantitative estimate of drug-likeness (QED) is 0.890. The average molecular weight is 323 g/mol. The summed E-state index contributed by atoms with van der Waals surface area (Å²) in [6.45, 7) is 4.19. The lowest BCUT2D eigenvalue weighted by molar-refractivity contribution is -0.126. The molecule has 2 heterocycles. The van der Waals surface area contributed by atoms with E-state index < -0.39 is 5.60 Å². The molecule has 2 fully saturated rings. The average Bonchev–Trinajstić information content (AvgIpc) is 3.14. The van der Waals surface area contributed by atoms with Gasteiger partial charge in [0.05, 0.1) is 11.3 Å². The van der Waals surface area contributed by atoms with Crippen molar-refractivity contribution in [3.63, 3.8) is 0 Å². The van der Waals surface area contributed by atoms with E-state index in [1.165, 1.54) is 0 Å². The Morgan fingerprint density at radius 3 is 2.73 bits per heavy atom. The minimum absolute atomic E-state index is 0.0716. The molecule has 122 valence electrons. The number of nitrogens with one attached hydrogen (secondary N) is 1. The van der Waals surface area contributed by atoms with E-state index in [4.69, 9.17) is 0 Å². The molecule has 1 aromatic rings. The van der Waals surface area contributed by atoms with E-state index in [2.05, 4.69) is 20.6 Å². The zero-order valence-corrected chi connectivity index (χ0v) is 14.0. The smallest absolute Gasteiger partial charge is 0.223 e. The predicted octanol–water partition coefficient (Wildman–Crippen LogP) is 2.09. The molecule has 0 atom stereocenters.